The van der Waals surface area contributed by atoms with Crippen LogP contribution in [0, 0.1) is 0 Å². The van der Waals surface area contributed by atoms with E-state index in [0.717, 1.165) is 0 Å². The molecule has 128 valence electrons. The summed E-state index contributed by atoms with van der Waals surface area (Å²) in [6, 6.07) is -1.27. The first-order chi connectivity index (χ1) is 10.9. The van der Waals surface area contributed by atoms with Crippen LogP contribution in [0.2, 0.25) is 0 Å². The highest BCUT2D eigenvalue weighted by Gasteiger charge is 2.54. The van der Waals surface area contributed by atoms with E-state index in [1.165, 1.54) is 4.90 Å². The monoisotopic (exact) mass is 391 g/mol. The van der Waals surface area contributed by atoms with Crippen LogP contribution >= 0.6 is 15.9 Å². The first-order valence-corrected chi connectivity index (χ1v) is 7.90. The molecule has 2 aliphatic rings. The Labute approximate surface area is 140 Å². The van der Waals surface area contributed by atoms with Crippen molar-refractivity contribution in [2.24, 2.45) is 5.11 Å². The molecular weight excluding hydrogens is 374 g/mol. The Morgan fingerprint density at radius 2 is 2.35 bits per heavy atom. The number of ether oxygens (including phenoxy) is 2. The van der Waals surface area contributed by atoms with Gasteiger partial charge in [0, 0.05) is 17.9 Å². The number of nitrogens with zero attached hydrogens (tertiary/aromatic N) is 4. The second-order valence-corrected chi connectivity index (χ2v) is 7.02. The lowest BCUT2D eigenvalue weighted by atomic mass is 10.0. The van der Waals surface area contributed by atoms with Crippen LogP contribution in [0.25, 0.3) is 10.4 Å². The highest BCUT2D eigenvalue weighted by Crippen LogP contribution is 2.36. The predicted octanol–water partition coefficient (Wildman–Crippen LogP) is 0.841. The molecule has 2 saturated heterocycles. The topological polar surface area (TPSA) is 137 Å². The van der Waals surface area contributed by atoms with Gasteiger partial charge in [0.15, 0.2) is 6.23 Å². The summed E-state index contributed by atoms with van der Waals surface area (Å²) >= 11 is 3.30. The summed E-state index contributed by atoms with van der Waals surface area (Å²) in [5.41, 5.74) is 8.59. The number of aliphatic hydroxyl groups is 1. The van der Waals surface area contributed by atoms with Crippen LogP contribution < -0.4 is 5.32 Å². The predicted molar refractivity (Wildman–Crippen MR) is 81.4 cm³/mol. The average Bonchev–Trinajstić information content (AvgIpc) is 2.88. The summed E-state index contributed by atoms with van der Waals surface area (Å²) in [5, 5.41) is 15.2. The molecule has 0 bridgehead atoms. The number of urea groups is 1. The molecule has 2 rings (SSSR count). The molecule has 10 nitrogen and oxygen atoms in total. The number of halogens is 1. The quantitative estimate of drug-likeness (QED) is 0.309. The van der Waals surface area contributed by atoms with Gasteiger partial charge >= 0.3 is 6.03 Å². The third kappa shape index (κ3) is 3.29. The molecule has 5 atom stereocenters. The minimum Gasteiger partial charge on any atom is -0.394 e. The summed E-state index contributed by atoms with van der Waals surface area (Å²) < 4.78 is 10.0. The van der Waals surface area contributed by atoms with E-state index in [1.54, 1.807) is 13.8 Å². The molecule has 0 aromatic carbocycles. The normalized spacial score (nSPS) is 37.5. The van der Waals surface area contributed by atoms with Crippen LogP contribution in [0.15, 0.2) is 5.11 Å². The fraction of sp³-hybridized carbons (Fsp3) is 0.833. The zero-order chi connectivity index (χ0) is 17.2. The Balaban J connectivity index is 2.29. The molecule has 0 unspecified atom stereocenters. The molecule has 0 aliphatic carbocycles. The van der Waals surface area contributed by atoms with Crippen molar-refractivity contribution in [3.8, 4) is 0 Å². The van der Waals surface area contributed by atoms with E-state index >= 15 is 0 Å². The molecule has 11 heteroatoms. The first kappa shape index (κ1) is 18.0. The molecule has 2 heterocycles. The summed E-state index contributed by atoms with van der Waals surface area (Å²) in [6.45, 7) is 3.26. The minimum absolute atomic E-state index is 0.198. The standard InChI is InChI=1S/C12H18BrN5O5/c1-3-22-10-12(2,13)9(20)15-11(21)18(10)8-4-6(16-17-14)7(5-19)23-8/h6-8,10,19H,3-5H2,1-2H3,(H,15,20,21)/t6-,7+,8+,10-,12+/m0/s1. The van der Waals surface area contributed by atoms with E-state index in [9.17, 15) is 14.7 Å². The van der Waals surface area contributed by atoms with E-state index < -0.39 is 40.9 Å². The Kier molecular flexibility index (Phi) is 5.48. The second-order valence-electron chi connectivity index (χ2n) is 5.37. The van der Waals surface area contributed by atoms with Gasteiger partial charge in [0.25, 0.3) is 0 Å². The van der Waals surface area contributed by atoms with Crippen molar-refractivity contribution in [2.75, 3.05) is 13.2 Å². The number of carbonyl (C=O) groups is 2. The van der Waals surface area contributed by atoms with E-state index in [2.05, 4.69) is 31.3 Å². The molecule has 0 aromatic rings. The van der Waals surface area contributed by atoms with Crippen LogP contribution in [-0.2, 0) is 14.3 Å². The Morgan fingerprint density at radius 1 is 1.65 bits per heavy atom. The van der Waals surface area contributed by atoms with Crippen molar-refractivity contribution in [1.82, 2.24) is 10.2 Å². The first-order valence-electron chi connectivity index (χ1n) is 7.11. The van der Waals surface area contributed by atoms with Gasteiger partial charge < -0.3 is 14.6 Å². The molecule has 0 aromatic heterocycles. The van der Waals surface area contributed by atoms with Gasteiger partial charge in [-0.05, 0) is 19.4 Å². The van der Waals surface area contributed by atoms with Gasteiger partial charge in [0.05, 0.1) is 18.8 Å². The lowest BCUT2D eigenvalue weighted by Gasteiger charge is -2.45. The number of rotatable bonds is 5. The average molecular weight is 392 g/mol. The SMILES string of the molecule is CCO[C@@H]1N([C@H]2C[C@H](N=[N+]=[N-])[C@@H](CO)O2)C(=O)NC(=O)[C@@]1(C)Br. The third-order valence-corrected chi connectivity index (χ3v) is 4.59. The van der Waals surface area contributed by atoms with Gasteiger partial charge in [0.1, 0.15) is 10.6 Å². The van der Waals surface area contributed by atoms with Crippen LogP contribution in [-0.4, -0.2) is 64.1 Å². The Bertz CT molecular complexity index is 538. The summed E-state index contributed by atoms with van der Waals surface area (Å²) in [5.74, 6) is -0.513. The minimum atomic E-state index is -1.16. The number of amides is 3. The van der Waals surface area contributed by atoms with Crippen LogP contribution in [0.3, 0.4) is 0 Å². The van der Waals surface area contributed by atoms with E-state index in [0.29, 0.717) is 0 Å². The number of hydrogen-bond acceptors (Lipinski definition) is 6. The van der Waals surface area contributed by atoms with Crippen LogP contribution in [0.4, 0.5) is 4.79 Å². The molecular formula is C12H18BrN5O5. The molecule has 0 radical (unpaired) electrons. The maximum absolute atomic E-state index is 12.3. The highest BCUT2D eigenvalue weighted by atomic mass is 79.9. The summed E-state index contributed by atoms with van der Waals surface area (Å²) in [6.07, 6.45) is -2.21. The number of aliphatic hydroxyl groups excluding tert-OH is 1. The number of nitrogens with one attached hydrogen (secondary N) is 1. The molecule has 0 spiro atoms. The van der Waals surface area contributed by atoms with Gasteiger partial charge in [0.2, 0.25) is 5.91 Å². The maximum Gasteiger partial charge on any atom is 0.328 e. The van der Waals surface area contributed by atoms with Crippen LogP contribution in [0.5, 0.6) is 0 Å². The lowest BCUT2D eigenvalue weighted by molar-refractivity contribution is -0.158. The summed E-state index contributed by atoms with van der Waals surface area (Å²) in [4.78, 5) is 28.3. The molecule has 3 amide bonds. The maximum atomic E-state index is 12.3. The molecule has 2 fully saturated rings. The van der Waals surface area contributed by atoms with Gasteiger partial charge in [-0.1, -0.05) is 21.0 Å². The van der Waals surface area contributed by atoms with Crippen molar-refractivity contribution in [3.63, 3.8) is 0 Å². The Morgan fingerprint density at radius 3 is 2.91 bits per heavy atom. The lowest BCUT2D eigenvalue weighted by Crippen LogP contribution is -2.69. The number of azide groups is 1. The fourth-order valence-corrected chi connectivity index (χ4v) is 3.13. The van der Waals surface area contributed by atoms with E-state index in [1.807, 2.05) is 0 Å². The molecule has 23 heavy (non-hydrogen) atoms. The largest absolute Gasteiger partial charge is 0.394 e. The molecule has 0 saturated carbocycles. The van der Waals surface area contributed by atoms with Gasteiger partial charge in [-0.3, -0.25) is 15.0 Å². The number of imide groups is 1. The zero-order valence-electron chi connectivity index (χ0n) is 12.7. The molecule has 2 N–H and O–H groups in total. The van der Waals surface area contributed by atoms with Crippen molar-refractivity contribution in [2.45, 2.75) is 49.2 Å². The smallest absolute Gasteiger partial charge is 0.328 e. The van der Waals surface area contributed by atoms with Crippen molar-refractivity contribution >= 4 is 27.9 Å². The fourth-order valence-electron chi connectivity index (χ4n) is 2.68. The van der Waals surface area contributed by atoms with Gasteiger partial charge in [-0.15, -0.1) is 0 Å². The number of carbonyl (C=O) groups excluding carboxylic acids is 2. The molecule has 2 aliphatic heterocycles. The van der Waals surface area contributed by atoms with Gasteiger partial charge in [-0.25, -0.2) is 4.79 Å². The van der Waals surface area contributed by atoms with Crippen molar-refractivity contribution in [3.05, 3.63) is 10.4 Å². The highest BCUT2D eigenvalue weighted by molar-refractivity contribution is 9.10. The Hall–Kier alpha value is -1.39. The van der Waals surface area contributed by atoms with Crippen molar-refractivity contribution < 1.29 is 24.2 Å². The second kappa shape index (κ2) is 7.02. The summed E-state index contributed by atoms with van der Waals surface area (Å²) in [7, 11) is 0. The van der Waals surface area contributed by atoms with Crippen molar-refractivity contribution in [1.29, 1.82) is 0 Å². The third-order valence-electron chi connectivity index (χ3n) is 3.83. The van der Waals surface area contributed by atoms with E-state index in [4.69, 9.17) is 15.0 Å². The van der Waals surface area contributed by atoms with Gasteiger partial charge in [-0.2, -0.15) is 0 Å². The van der Waals surface area contributed by atoms with E-state index in [-0.39, 0.29) is 19.6 Å². The van der Waals surface area contributed by atoms with Crippen LogP contribution in [0.1, 0.15) is 20.3 Å². The number of alkyl halides is 1. The zero-order valence-corrected chi connectivity index (χ0v) is 14.3. The number of hydrogen-bond donors (Lipinski definition) is 2.